The summed E-state index contributed by atoms with van der Waals surface area (Å²) in [6.07, 6.45) is 0. The molecule has 98 valence electrons. The quantitative estimate of drug-likeness (QED) is 0.889. The molecule has 0 saturated carbocycles. The van der Waals surface area contributed by atoms with E-state index in [9.17, 15) is 13.6 Å². The van der Waals surface area contributed by atoms with Gasteiger partial charge in [-0.15, -0.1) is 0 Å². The molecule has 0 spiro atoms. The first-order valence-corrected chi connectivity index (χ1v) is 5.70. The van der Waals surface area contributed by atoms with Crippen molar-refractivity contribution in [3.8, 4) is 11.1 Å². The third-order valence-corrected chi connectivity index (χ3v) is 3.01. The zero-order valence-corrected chi connectivity index (χ0v) is 10.5. The Morgan fingerprint density at radius 3 is 2.21 bits per heavy atom. The minimum atomic E-state index is -1.03. The summed E-state index contributed by atoms with van der Waals surface area (Å²) in [6.45, 7) is 3.27. The second-order valence-corrected chi connectivity index (χ2v) is 4.39. The lowest BCUT2D eigenvalue weighted by Gasteiger charge is -2.10. The maximum absolute atomic E-state index is 13.7. The van der Waals surface area contributed by atoms with E-state index in [1.54, 1.807) is 26.0 Å². The molecule has 2 aromatic carbocycles. The van der Waals surface area contributed by atoms with Crippen LogP contribution in [-0.2, 0) is 0 Å². The largest absolute Gasteiger partial charge is 0.478 e. The van der Waals surface area contributed by atoms with Crippen molar-refractivity contribution in [3.63, 3.8) is 0 Å². The highest BCUT2D eigenvalue weighted by atomic mass is 19.2. The van der Waals surface area contributed by atoms with Crippen molar-refractivity contribution in [2.45, 2.75) is 13.8 Å². The van der Waals surface area contributed by atoms with Crippen LogP contribution in [0.5, 0.6) is 0 Å². The Morgan fingerprint density at radius 1 is 1.11 bits per heavy atom. The van der Waals surface area contributed by atoms with Gasteiger partial charge in [0.1, 0.15) is 0 Å². The predicted octanol–water partition coefficient (Wildman–Crippen LogP) is 3.95. The highest BCUT2D eigenvalue weighted by molar-refractivity contribution is 5.92. The molecule has 2 nitrogen and oxygen atoms in total. The van der Waals surface area contributed by atoms with Crippen LogP contribution in [0.3, 0.4) is 0 Å². The molecule has 0 aliphatic rings. The third-order valence-electron chi connectivity index (χ3n) is 3.01. The maximum atomic E-state index is 13.7. The first-order chi connectivity index (χ1) is 8.91. The fourth-order valence-corrected chi connectivity index (χ4v) is 2.18. The van der Waals surface area contributed by atoms with Crippen molar-refractivity contribution in [1.82, 2.24) is 0 Å². The Bertz CT molecular complexity index is 640. The van der Waals surface area contributed by atoms with Crippen molar-refractivity contribution in [2.75, 3.05) is 0 Å². The molecule has 0 amide bonds. The van der Waals surface area contributed by atoms with Crippen LogP contribution in [-0.4, -0.2) is 11.1 Å². The van der Waals surface area contributed by atoms with E-state index in [1.807, 2.05) is 0 Å². The van der Waals surface area contributed by atoms with Crippen LogP contribution in [0, 0.1) is 25.5 Å². The monoisotopic (exact) mass is 262 g/mol. The van der Waals surface area contributed by atoms with Gasteiger partial charge in [-0.25, -0.2) is 13.6 Å². The number of aromatic carboxylic acids is 1. The summed E-state index contributed by atoms with van der Waals surface area (Å²) in [7, 11) is 0. The Hall–Kier alpha value is -2.23. The number of hydrogen-bond acceptors (Lipinski definition) is 1. The van der Waals surface area contributed by atoms with E-state index in [4.69, 9.17) is 5.11 Å². The van der Waals surface area contributed by atoms with Gasteiger partial charge in [-0.3, -0.25) is 0 Å². The number of rotatable bonds is 2. The first-order valence-electron chi connectivity index (χ1n) is 5.70. The zero-order valence-electron chi connectivity index (χ0n) is 10.5. The molecule has 2 aromatic rings. The third kappa shape index (κ3) is 2.34. The van der Waals surface area contributed by atoms with Gasteiger partial charge in [0.25, 0.3) is 0 Å². The molecule has 4 heteroatoms. The maximum Gasteiger partial charge on any atom is 0.336 e. The number of carboxylic acids is 1. The van der Waals surface area contributed by atoms with Crippen molar-refractivity contribution in [1.29, 1.82) is 0 Å². The van der Waals surface area contributed by atoms with E-state index in [1.165, 1.54) is 12.1 Å². The Kier molecular flexibility index (Phi) is 3.34. The van der Waals surface area contributed by atoms with Crippen LogP contribution < -0.4 is 0 Å². The normalized spacial score (nSPS) is 10.5. The number of benzene rings is 2. The fraction of sp³-hybridized carbons (Fsp3) is 0.133. The highest BCUT2D eigenvalue weighted by Crippen LogP contribution is 2.28. The van der Waals surface area contributed by atoms with Crippen LogP contribution in [0.15, 0.2) is 30.3 Å². The molecule has 0 aromatic heterocycles. The number of halogens is 2. The number of hydrogen-bond donors (Lipinski definition) is 1. The van der Waals surface area contributed by atoms with Crippen molar-refractivity contribution in [2.24, 2.45) is 0 Å². The van der Waals surface area contributed by atoms with E-state index in [-0.39, 0.29) is 11.1 Å². The molecule has 0 saturated heterocycles. The topological polar surface area (TPSA) is 37.3 Å². The zero-order chi connectivity index (χ0) is 14.2. The van der Waals surface area contributed by atoms with Crippen LogP contribution in [0.25, 0.3) is 11.1 Å². The first kappa shape index (κ1) is 13.2. The second kappa shape index (κ2) is 4.80. The summed E-state index contributed by atoms with van der Waals surface area (Å²) < 4.78 is 26.9. The lowest BCUT2D eigenvalue weighted by Crippen LogP contribution is -2.03. The number of carboxylic acid groups (broad SMARTS) is 1. The van der Waals surface area contributed by atoms with E-state index >= 15 is 0 Å². The molecule has 0 aliphatic carbocycles. The van der Waals surface area contributed by atoms with E-state index in [0.29, 0.717) is 16.7 Å². The summed E-state index contributed by atoms with van der Waals surface area (Å²) in [5.74, 6) is -2.87. The molecular weight excluding hydrogens is 250 g/mol. The molecule has 0 atom stereocenters. The van der Waals surface area contributed by atoms with Crippen LogP contribution >= 0.6 is 0 Å². The summed E-state index contributed by atoms with van der Waals surface area (Å²) >= 11 is 0. The van der Waals surface area contributed by atoms with Gasteiger partial charge < -0.3 is 5.11 Å². The molecule has 1 N–H and O–H groups in total. The highest BCUT2D eigenvalue weighted by Gasteiger charge is 2.15. The van der Waals surface area contributed by atoms with E-state index in [0.717, 1.165) is 6.07 Å². The van der Waals surface area contributed by atoms with Gasteiger partial charge in [0.05, 0.1) is 5.56 Å². The van der Waals surface area contributed by atoms with E-state index < -0.39 is 17.6 Å². The predicted molar refractivity (Wildman–Crippen MR) is 68.2 cm³/mol. The van der Waals surface area contributed by atoms with Gasteiger partial charge in [0.15, 0.2) is 11.6 Å². The molecule has 0 unspecified atom stereocenters. The van der Waals surface area contributed by atoms with Crippen molar-refractivity contribution < 1.29 is 18.7 Å². The number of aryl methyl sites for hydroxylation is 2. The van der Waals surface area contributed by atoms with Gasteiger partial charge in [0, 0.05) is 5.56 Å². The Morgan fingerprint density at radius 2 is 1.68 bits per heavy atom. The second-order valence-electron chi connectivity index (χ2n) is 4.39. The van der Waals surface area contributed by atoms with Crippen molar-refractivity contribution >= 4 is 5.97 Å². The van der Waals surface area contributed by atoms with Gasteiger partial charge >= 0.3 is 5.97 Å². The minimum absolute atomic E-state index is 0.128. The Balaban J connectivity index is 2.65. The molecule has 0 aliphatic heterocycles. The number of carbonyl (C=O) groups is 1. The van der Waals surface area contributed by atoms with Gasteiger partial charge in [-0.05, 0) is 36.6 Å². The van der Waals surface area contributed by atoms with Crippen LogP contribution in [0.4, 0.5) is 8.78 Å². The van der Waals surface area contributed by atoms with Crippen LogP contribution in [0.2, 0.25) is 0 Å². The molecule has 2 rings (SSSR count). The minimum Gasteiger partial charge on any atom is -0.478 e. The standard InChI is InChI=1S/C15H12F2O2/c1-8-6-10(7-9(2)13(8)15(18)19)11-4-3-5-12(16)14(11)17/h3-7H,1-2H3,(H,18,19). The molecule has 0 bridgehead atoms. The van der Waals surface area contributed by atoms with Gasteiger partial charge in [-0.1, -0.05) is 24.3 Å². The fourth-order valence-electron chi connectivity index (χ4n) is 2.18. The van der Waals surface area contributed by atoms with Crippen molar-refractivity contribution in [3.05, 3.63) is 58.7 Å². The molecule has 0 heterocycles. The SMILES string of the molecule is Cc1cc(-c2cccc(F)c2F)cc(C)c1C(=O)O. The molecule has 19 heavy (non-hydrogen) atoms. The molecule has 0 fully saturated rings. The lowest BCUT2D eigenvalue weighted by atomic mass is 9.95. The van der Waals surface area contributed by atoms with Crippen LogP contribution in [0.1, 0.15) is 21.5 Å². The summed E-state index contributed by atoms with van der Waals surface area (Å²) in [6, 6.07) is 7.03. The van der Waals surface area contributed by atoms with Gasteiger partial charge in [0.2, 0.25) is 0 Å². The average molecular weight is 262 g/mol. The molecular formula is C15H12F2O2. The molecule has 0 radical (unpaired) electrons. The van der Waals surface area contributed by atoms with Gasteiger partial charge in [-0.2, -0.15) is 0 Å². The average Bonchev–Trinajstić information content (AvgIpc) is 2.31. The lowest BCUT2D eigenvalue weighted by molar-refractivity contribution is 0.0695. The summed E-state index contributed by atoms with van der Waals surface area (Å²) in [4.78, 5) is 11.1. The van der Waals surface area contributed by atoms with E-state index in [2.05, 4.69) is 0 Å². The summed E-state index contributed by atoms with van der Waals surface area (Å²) in [5.41, 5.74) is 1.83. The summed E-state index contributed by atoms with van der Waals surface area (Å²) in [5, 5.41) is 9.07. The smallest absolute Gasteiger partial charge is 0.336 e. The Labute approximate surface area is 109 Å².